The Hall–Kier alpha value is -4.05. The number of amides is 1. The summed E-state index contributed by atoms with van der Waals surface area (Å²) >= 11 is 1.27. The number of esters is 1. The summed E-state index contributed by atoms with van der Waals surface area (Å²) in [4.78, 5) is 25.1. The van der Waals surface area contributed by atoms with Gasteiger partial charge >= 0.3 is 5.97 Å². The van der Waals surface area contributed by atoms with E-state index in [0.29, 0.717) is 21.9 Å². The molecule has 0 saturated heterocycles. The Kier molecular flexibility index (Phi) is 6.52. The summed E-state index contributed by atoms with van der Waals surface area (Å²) in [6.45, 7) is 1.76. The molecule has 0 bridgehead atoms. The molecule has 2 aromatic carbocycles. The monoisotopic (exact) mass is 449 g/mol. The normalized spacial score (nSPS) is 10.5. The SMILES string of the molecule is CCOC(=O)c1c(-c2ccccc2)csc1NC(=O)COc1ccc(-n2cnnn2)cc1. The van der Waals surface area contributed by atoms with Crippen molar-refractivity contribution in [3.8, 4) is 22.6 Å². The van der Waals surface area contributed by atoms with Crippen molar-refractivity contribution in [1.29, 1.82) is 0 Å². The number of nitrogens with zero attached hydrogens (tertiary/aromatic N) is 4. The van der Waals surface area contributed by atoms with Gasteiger partial charge in [-0.3, -0.25) is 4.79 Å². The predicted octanol–water partition coefficient (Wildman–Crippen LogP) is 3.59. The number of anilines is 1. The Morgan fingerprint density at radius 3 is 2.56 bits per heavy atom. The third-order valence-electron chi connectivity index (χ3n) is 4.43. The fourth-order valence-electron chi connectivity index (χ4n) is 2.97. The summed E-state index contributed by atoms with van der Waals surface area (Å²) in [6.07, 6.45) is 1.48. The standard InChI is InChI=1S/C22H19N5O4S/c1-2-30-22(29)20-18(15-6-4-3-5-7-15)13-32-21(20)24-19(28)12-31-17-10-8-16(9-11-17)27-14-23-25-26-27/h3-11,13-14H,2,12H2,1H3,(H,24,28). The highest BCUT2D eigenvalue weighted by Gasteiger charge is 2.22. The smallest absolute Gasteiger partial charge is 0.341 e. The van der Waals surface area contributed by atoms with Crippen molar-refractivity contribution in [2.24, 2.45) is 0 Å². The van der Waals surface area contributed by atoms with Crippen LogP contribution in [0.3, 0.4) is 0 Å². The molecule has 0 spiro atoms. The Bertz CT molecular complexity index is 1190. The second-order valence-corrected chi connectivity index (χ2v) is 7.40. The fraction of sp³-hybridized carbons (Fsp3) is 0.136. The molecule has 2 aromatic heterocycles. The van der Waals surface area contributed by atoms with Crippen molar-refractivity contribution in [2.75, 3.05) is 18.5 Å². The molecule has 10 heteroatoms. The molecule has 0 radical (unpaired) electrons. The Morgan fingerprint density at radius 2 is 1.88 bits per heavy atom. The first-order valence-electron chi connectivity index (χ1n) is 9.76. The van der Waals surface area contributed by atoms with Gasteiger partial charge in [0.25, 0.3) is 5.91 Å². The lowest BCUT2D eigenvalue weighted by molar-refractivity contribution is -0.118. The number of hydrogen-bond acceptors (Lipinski definition) is 8. The zero-order valence-electron chi connectivity index (χ0n) is 17.1. The number of carbonyl (C=O) groups is 2. The molecular weight excluding hydrogens is 430 g/mol. The summed E-state index contributed by atoms with van der Waals surface area (Å²) in [6, 6.07) is 16.4. The molecule has 9 nitrogen and oxygen atoms in total. The number of carbonyl (C=O) groups excluding carboxylic acids is 2. The largest absolute Gasteiger partial charge is 0.484 e. The molecule has 4 aromatic rings. The van der Waals surface area contributed by atoms with E-state index in [4.69, 9.17) is 9.47 Å². The number of tetrazole rings is 1. The average molecular weight is 449 g/mol. The molecule has 0 unspecified atom stereocenters. The summed E-state index contributed by atoms with van der Waals surface area (Å²) in [7, 11) is 0. The molecule has 0 aliphatic heterocycles. The van der Waals surface area contributed by atoms with Gasteiger partial charge in [0.2, 0.25) is 0 Å². The van der Waals surface area contributed by atoms with E-state index < -0.39 is 5.97 Å². The van der Waals surface area contributed by atoms with Gasteiger partial charge in [0.05, 0.1) is 12.3 Å². The molecule has 32 heavy (non-hydrogen) atoms. The van der Waals surface area contributed by atoms with E-state index in [0.717, 1.165) is 11.3 Å². The van der Waals surface area contributed by atoms with Crippen molar-refractivity contribution >= 4 is 28.2 Å². The van der Waals surface area contributed by atoms with Crippen LogP contribution < -0.4 is 10.1 Å². The zero-order valence-corrected chi connectivity index (χ0v) is 17.9. The molecule has 1 amide bonds. The minimum Gasteiger partial charge on any atom is -0.484 e. The zero-order chi connectivity index (χ0) is 22.3. The van der Waals surface area contributed by atoms with Crippen molar-refractivity contribution in [2.45, 2.75) is 6.92 Å². The highest BCUT2D eigenvalue weighted by Crippen LogP contribution is 2.36. The van der Waals surface area contributed by atoms with Gasteiger partial charge in [0.15, 0.2) is 6.61 Å². The topological polar surface area (TPSA) is 108 Å². The summed E-state index contributed by atoms with van der Waals surface area (Å²) in [5.41, 5.74) is 2.68. The van der Waals surface area contributed by atoms with Crippen molar-refractivity contribution < 1.29 is 19.1 Å². The van der Waals surface area contributed by atoms with Crippen molar-refractivity contribution in [1.82, 2.24) is 20.2 Å². The lowest BCUT2D eigenvalue weighted by Gasteiger charge is -2.10. The van der Waals surface area contributed by atoms with E-state index in [2.05, 4.69) is 20.8 Å². The quantitative estimate of drug-likeness (QED) is 0.410. The molecule has 4 rings (SSSR count). The number of thiophene rings is 1. The maximum atomic E-state index is 12.6. The summed E-state index contributed by atoms with van der Waals surface area (Å²) in [5.74, 6) is -0.359. The molecule has 0 atom stereocenters. The first-order chi connectivity index (χ1) is 15.7. The van der Waals surface area contributed by atoms with Gasteiger partial charge in [-0.2, -0.15) is 0 Å². The maximum Gasteiger partial charge on any atom is 0.341 e. The van der Waals surface area contributed by atoms with E-state index in [-0.39, 0.29) is 19.1 Å². The lowest BCUT2D eigenvalue weighted by atomic mass is 10.0. The third-order valence-corrected chi connectivity index (χ3v) is 5.32. The Balaban J connectivity index is 1.44. The van der Waals surface area contributed by atoms with Crippen molar-refractivity contribution in [3.05, 3.63) is 71.9 Å². The minimum atomic E-state index is -0.484. The van der Waals surface area contributed by atoms with Crippen LogP contribution in [0.15, 0.2) is 66.3 Å². The van der Waals surface area contributed by atoms with Crippen LogP contribution in [0.2, 0.25) is 0 Å². The first kappa shape index (κ1) is 21.2. The van der Waals surface area contributed by atoms with Gasteiger partial charge in [-0.15, -0.1) is 16.4 Å². The number of aromatic nitrogens is 4. The van der Waals surface area contributed by atoms with Crippen LogP contribution >= 0.6 is 11.3 Å². The Morgan fingerprint density at radius 1 is 1.09 bits per heavy atom. The average Bonchev–Trinajstić information content (AvgIpc) is 3.49. The van der Waals surface area contributed by atoms with E-state index in [9.17, 15) is 9.59 Å². The van der Waals surface area contributed by atoms with E-state index in [1.54, 1.807) is 31.2 Å². The van der Waals surface area contributed by atoms with Crippen LogP contribution in [-0.4, -0.2) is 45.3 Å². The molecular formula is C22H19N5O4S. The molecule has 0 aliphatic rings. The van der Waals surface area contributed by atoms with E-state index in [1.165, 1.54) is 22.3 Å². The van der Waals surface area contributed by atoms with Gasteiger partial charge in [-0.05, 0) is 47.2 Å². The number of rotatable bonds is 8. The van der Waals surface area contributed by atoms with Gasteiger partial charge in [-0.1, -0.05) is 30.3 Å². The highest BCUT2D eigenvalue weighted by molar-refractivity contribution is 7.15. The maximum absolute atomic E-state index is 12.6. The van der Waals surface area contributed by atoms with Crippen LogP contribution in [0.4, 0.5) is 5.00 Å². The summed E-state index contributed by atoms with van der Waals surface area (Å²) in [5, 5.41) is 16.0. The van der Waals surface area contributed by atoms with E-state index >= 15 is 0 Å². The number of nitrogens with one attached hydrogen (secondary N) is 1. The molecule has 0 saturated carbocycles. The molecule has 0 fully saturated rings. The number of ether oxygens (including phenoxy) is 2. The van der Waals surface area contributed by atoms with Crippen LogP contribution in [0.1, 0.15) is 17.3 Å². The van der Waals surface area contributed by atoms with Gasteiger partial charge in [-0.25, -0.2) is 9.48 Å². The first-order valence-corrected chi connectivity index (χ1v) is 10.6. The van der Waals surface area contributed by atoms with Crippen LogP contribution in [-0.2, 0) is 9.53 Å². The fourth-order valence-corrected chi connectivity index (χ4v) is 3.95. The summed E-state index contributed by atoms with van der Waals surface area (Å²) < 4.78 is 12.3. The van der Waals surface area contributed by atoms with Crippen LogP contribution in [0, 0.1) is 0 Å². The molecule has 0 aliphatic carbocycles. The van der Waals surface area contributed by atoms with Gasteiger partial charge in [0, 0.05) is 10.9 Å². The predicted molar refractivity (Wildman–Crippen MR) is 119 cm³/mol. The molecule has 2 heterocycles. The second kappa shape index (κ2) is 9.84. The van der Waals surface area contributed by atoms with Gasteiger partial charge in [0.1, 0.15) is 22.6 Å². The van der Waals surface area contributed by atoms with Crippen LogP contribution in [0.25, 0.3) is 16.8 Å². The Labute approximate surface area is 187 Å². The highest BCUT2D eigenvalue weighted by atomic mass is 32.1. The van der Waals surface area contributed by atoms with Gasteiger partial charge < -0.3 is 14.8 Å². The van der Waals surface area contributed by atoms with E-state index in [1.807, 2.05) is 35.7 Å². The number of hydrogen-bond donors (Lipinski definition) is 1. The van der Waals surface area contributed by atoms with Crippen LogP contribution in [0.5, 0.6) is 5.75 Å². The van der Waals surface area contributed by atoms with Crippen molar-refractivity contribution in [3.63, 3.8) is 0 Å². The third kappa shape index (κ3) is 4.81. The second-order valence-electron chi connectivity index (χ2n) is 6.53. The number of benzene rings is 2. The minimum absolute atomic E-state index is 0.217. The molecule has 1 N–H and O–H groups in total. The molecule has 162 valence electrons. The lowest BCUT2D eigenvalue weighted by Crippen LogP contribution is -2.21.